The zero-order chi connectivity index (χ0) is 21.3. The first kappa shape index (κ1) is 20.9. The third-order valence-electron chi connectivity index (χ3n) is 4.78. The molecule has 3 rings (SSSR count). The number of carbonyl (C=O) groups excluding carboxylic acids is 1. The average Bonchev–Trinajstić information content (AvgIpc) is 3.13. The second-order valence-corrected chi connectivity index (χ2v) is 8.95. The van der Waals surface area contributed by atoms with Gasteiger partial charge in [0, 0.05) is 12.6 Å². The summed E-state index contributed by atoms with van der Waals surface area (Å²) < 4.78 is 3.16. The molecule has 0 bridgehead atoms. The van der Waals surface area contributed by atoms with Gasteiger partial charge in [-0.1, -0.05) is 56.8 Å². The Kier molecular flexibility index (Phi) is 5.70. The van der Waals surface area contributed by atoms with E-state index in [1.807, 2.05) is 33.0 Å². The summed E-state index contributed by atoms with van der Waals surface area (Å²) in [6, 6.07) is 8.12. The van der Waals surface area contributed by atoms with Gasteiger partial charge in [0.1, 0.15) is 0 Å². The minimum absolute atomic E-state index is 0.0777. The summed E-state index contributed by atoms with van der Waals surface area (Å²) in [5, 5.41) is 16.0. The van der Waals surface area contributed by atoms with E-state index in [1.54, 1.807) is 4.68 Å². The standard InChI is InChI=1S/C20H27N7OS/c1-12-17(13(2)26(6)25-12)22-16(28)11-29-19-24-23-18(27(19)21)14-7-9-15(10-8-14)20(3,4)5/h7-10H,11,21H2,1-6H3,(H,22,28). The van der Waals surface area contributed by atoms with E-state index in [4.69, 9.17) is 5.84 Å². The van der Waals surface area contributed by atoms with Crippen LogP contribution in [0.15, 0.2) is 29.4 Å². The molecule has 0 unspecified atom stereocenters. The van der Waals surface area contributed by atoms with Crippen molar-refractivity contribution in [2.45, 2.75) is 45.2 Å². The smallest absolute Gasteiger partial charge is 0.234 e. The van der Waals surface area contributed by atoms with Gasteiger partial charge in [-0.25, -0.2) is 4.68 Å². The van der Waals surface area contributed by atoms with Gasteiger partial charge >= 0.3 is 0 Å². The lowest BCUT2D eigenvalue weighted by Gasteiger charge is -2.19. The second kappa shape index (κ2) is 7.90. The minimum Gasteiger partial charge on any atom is -0.335 e. The van der Waals surface area contributed by atoms with E-state index in [2.05, 4.69) is 53.5 Å². The molecular formula is C20H27N7OS. The molecule has 0 atom stereocenters. The van der Waals surface area contributed by atoms with Crippen LogP contribution in [0.1, 0.15) is 37.7 Å². The number of nitrogens with two attached hydrogens (primary N) is 1. The maximum absolute atomic E-state index is 12.4. The van der Waals surface area contributed by atoms with Crippen molar-refractivity contribution in [3.63, 3.8) is 0 Å². The molecule has 0 aliphatic rings. The summed E-state index contributed by atoms with van der Waals surface area (Å²) in [6.07, 6.45) is 0. The Morgan fingerprint density at radius 2 is 1.83 bits per heavy atom. The van der Waals surface area contributed by atoms with Gasteiger partial charge < -0.3 is 11.2 Å². The zero-order valence-corrected chi connectivity index (χ0v) is 18.5. The highest BCUT2D eigenvalue weighted by Gasteiger charge is 2.17. The first-order valence-electron chi connectivity index (χ1n) is 9.32. The molecule has 0 fully saturated rings. The van der Waals surface area contributed by atoms with Crippen LogP contribution >= 0.6 is 11.8 Å². The molecule has 1 aromatic carbocycles. The molecule has 3 N–H and O–H groups in total. The predicted octanol–water partition coefficient (Wildman–Crippen LogP) is 3.04. The highest BCUT2D eigenvalue weighted by molar-refractivity contribution is 7.99. The number of benzene rings is 1. The van der Waals surface area contributed by atoms with Crippen molar-refractivity contribution in [2.24, 2.45) is 7.05 Å². The minimum atomic E-state index is -0.145. The summed E-state index contributed by atoms with van der Waals surface area (Å²) in [4.78, 5) is 12.4. The number of aryl methyl sites for hydroxylation is 2. The fourth-order valence-corrected chi connectivity index (χ4v) is 3.61. The van der Waals surface area contributed by atoms with Crippen LogP contribution in [0.2, 0.25) is 0 Å². The molecule has 0 saturated carbocycles. The first-order chi connectivity index (χ1) is 13.6. The van der Waals surface area contributed by atoms with E-state index in [0.717, 1.165) is 22.6 Å². The Hall–Kier alpha value is -2.81. The van der Waals surface area contributed by atoms with E-state index >= 15 is 0 Å². The molecule has 0 spiro atoms. The molecule has 0 aliphatic carbocycles. The number of nitrogen functional groups attached to an aromatic ring is 1. The van der Waals surface area contributed by atoms with Crippen LogP contribution in [-0.4, -0.2) is 36.3 Å². The maximum Gasteiger partial charge on any atom is 0.234 e. The van der Waals surface area contributed by atoms with Crippen molar-refractivity contribution in [1.29, 1.82) is 0 Å². The van der Waals surface area contributed by atoms with Crippen LogP contribution in [0, 0.1) is 13.8 Å². The van der Waals surface area contributed by atoms with Gasteiger partial charge in [-0.2, -0.15) is 5.10 Å². The second-order valence-electron chi connectivity index (χ2n) is 8.01. The first-order valence-corrected chi connectivity index (χ1v) is 10.3. The highest BCUT2D eigenvalue weighted by Crippen LogP contribution is 2.26. The number of carbonyl (C=O) groups is 1. The SMILES string of the molecule is Cc1nn(C)c(C)c1NC(=O)CSc1nnc(-c2ccc(C(C)(C)C)cc2)n1N. The van der Waals surface area contributed by atoms with Crippen molar-refractivity contribution >= 4 is 23.4 Å². The Labute approximate surface area is 174 Å². The van der Waals surface area contributed by atoms with Crippen molar-refractivity contribution in [3.8, 4) is 11.4 Å². The van der Waals surface area contributed by atoms with Crippen molar-refractivity contribution in [1.82, 2.24) is 24.7 Å². The largest absolute Gasteiger partial charge is 0.335 e. The number of anilines is 1. The van der Waals surface area contributed by atoms with Gasteiger partial charge in [-0.05, 0) is 24.8 Å². The molecule has 0 radical (unpaired) electrons. The Morgan fingerprint density at radius 1 is 1.17 bits per heavy atom. The lowest BCUT2D eigenvalue weighted by Crippen LogP contribution is -2.17. The number of rotatable bonds is 5. The Morgan fingerprint density at radius 3 is 2.38 bits per heavy atom. The molecule has 8 nitrogen and oxygen atoms in total. The van der Waals surface area contributed by atoms with Gasteiger partial charge in [0.25, 0.3) is 0 Å². The fourth-order valence-electron chi connectivity index (χ4n) is 2.95. The molecular weight excluding hydrogens is 386 g/mol. The summed E-state index contributed by atoms with van der Waals surface area (Å²) in [5.74, 6) is 6.77. The molecule has 2 heterocycles. The lowest BCUT2D eigenvalue weighted by atomic mass is 9.87. The third kappa shape index (κ3) is 4.45. The van der Waals surface area contributed by atoms with E-state index in [0.29, 0.717) is 11.0 Å². The number of thioether (sulfide) groups is 1. The molecule has 29 heavy (non-hydrogen) atoms. The number of nitrogens with zero attached hydrogens (tertiary/aromatic N) is 5. The molecule has 0 saturated heterocycles. The van der Waals surface area contributed by atoms with E-state index in [1.165, 1.54) is 22.0 Å². The molecule has 9 heteroatoms. The van der Waals surface area contributed by atoms with Crippen LogP contribution in [0.3, 0.4) is 0 Å². The van der Waals surface area contributed by atoms with Crippen LogP contribution < -0.4 is 11.2 Å². The molecule has 154 valence electrons. The van der Waals surface area contributed by atoms with Crippen molar-refractivity contribution in [2.75, 3.05) is 16.9 Å². The maximum atomic E-state index is 12.4. The Bertz CT molecular complexity index is 1030. The zero-order valence-electron chi connectivity index (χ0n) is 17.6. The van der Waals surface area contributed by atoms with E-state index in [-0.39, 0.29) is 17.1 Å². The van der Waals surface area contributed by atoms with Gasteiger partial charge in [0.2, 0.25) is 11.1 Å². The van der Waals surface area contributed by atoms with Crippen LogP contribution in [-0.2, 0) is 17.3 Å². The topological polar surface area (TPSA) is 104 Å². The summed E-state index contributed by atoms with van der Waals surface area (Å²) in [7, 11) is 1.85. The molecule has 1 amide bonds. The normalized spacial score (nSPS) is 11.7. The van der Waals surface area contributed by atoms with Gasteiger partial charge in [-0.15, -0.1) is 10.2 Å². The lowest BCUT2D eigenvalue weighted by molar-refractivity contribution is -0.113. The van der Waals surface area contributed by atoms with Gasteiger partial charge in [-0.3, -0.25) is 9.48 Å². The summed E-state index contributed by atoms with van der Waals surface area (Å²) >= 11 is 1.24. The van der Waals surface area contributed by atoms with E-state index in [9.17, 15) is 4.79 Å². The van der Waals surface area contributed by atoms with Crippen molar-refractivity contribution in [3.05, 3.63) is 41.2 Å². The number of hydrogen-bond acceptors (Lipinski definition) is 6. The Balaban J connectivity index is 1.67. The summed E-state index contributed by atoms with van der Waals surface area (Å²) in [6.45, 7) is 10.3. The number of hydrogen-bond donors (Lipinski definition) is 2. The summed E-state index contributed by atoms with van der Waals surface area (Å²) in [5.41, 5.74) is 4.62. The molecule has 0 aliphatic heterocycles. The monoisotopic (exact) mass is 413 g/mol. The fraction of sp³-hybridized carbons (Fsp3) is 0.400. The van der Waals surface area contributed by atoms with Gasteiger partial charge in [0.05, 0.1) is 22.8 Å². The molecule has 3 aromatic rings. The average molecular weight is 414 g/mol. The predicted molar refractivity (Wildman–Crippen MR) is 116 cm³/mol. The van der Waals surface area contributed by atoms with Crippen LogP contribution in [0.25, 0.3) is 11.4 Å². The number of amides is 1. The van der Waals surface area contributed by atoms with Crippen LogP contribution in [0.4, 0.5) is 5.69 Å². The van der Waals surface area contributed by atoms with Crippen LogP contribution in [0.5, 0.6) is 0 Å². The van der Waals surface area contributed by atoms with Gasteiger partial charge in [0.15, 0.2) is 5.82 Å². The van der Waals surface area contributed by atoms with E-state index < -0.39 is 0 Å². The highest BCUT2D eigenvalue weighted by atomic mass is 32.2. The third-order valence-corrected chi connectivity index (χ3v) is 5.72. The molecule has 2 aromatic heterocycles. The van der Waals surface area contributed by atoms with Crippen molar-refractivity contribution < 1.29 is 4.79 Å². The number of aromatic nitrogens is 5. The quantitative estimate of drug-likeness (QED) is 0.492. The number of nitrogens with one attached hydrogen (secondary N) is 1.